The first-order valence-corrected chi connectivity index (χ1v) is 7.32. The highest BCUT2D eigenvalue weighted by Crippen LogP contribution is 2.20. The summed E-state index contributed by atoms with van der Waals surface area (Å²) < 4.78 is 0. The number of amides is 1. The van der Waals surface area contributed by atoms with Crippen molar-refractivity contribution in [3.63, 3.8) is 0 Å². The van der Waals surface area contributed by atoms with Crippen molar-refractivity contribution in [2.24, 2.45) is 0 Å². The van der Waals surface area contributed by atoms with Gasteiger partial charge in [-0.05, 0) is 31.0 Å². The van der Waals surface area contributed by atoms with Gasteiger partial charge in [0.25, 0.3) is 5.91 Å². The lowest BCUT2D eigenvalue weighted by Gasteiger charge is -2.06. The molecule has 94 valence electrons. The summed E-state index contributed by atoms with van der Waals surface area (Å²) in [7, 11) is 0. The number of hydrogen-bond acceptors (Lipinski definition) is 1. The maximum atomic E-state index is 11.8. The number of carbonyl (C=O) groups is 1. The van der Waals surface area contributed by atoms with Gasteiger partial charge in [0.15, 0.2) is 0 Å². The SMILES string of the molecule is O=C(NCCCCCBr)c1cc(Cl)ccc1Cl. The maximum Gasteiger partial charge on any atom is 0.252 e. The first-order valence-electron chi connectivity index (χ1n) is 5.44. The highest BCUT2D eigenvalue weighted by atomic mass is 79.9. The summed E-state index contributed by atoms with van der Waals surface area (Å²) in [6.45, 7) is 0.661. The Labute approximate surface area is 120 Å². The van der Waals surface area contributed by atoms with Gasteiger partial charge in [0, 0.05) is 16.9 Å². The summed E-state index contributed by atoms with van der Waals surface area (Å²) in [5.74, 6) is -0.170. The fraction of sp³-hybridized carbons (Fsp3) is 0.417. The van der Waals surface area contributed by atoms with Crippen molar-refractivity contribution in [1.82, 2.24) is 5.32 Å². The Morgan fingerprint density at radius 2 is 2.00 bits per heavy atom. The Morgan fingerprint density at radius 1 is 1.24 bits per heavy atom. The van der Waals surface area contributed by atoms with Crippen LogP contribution in [-0.4, -0.2) is 17.8 Å². The zero-order chi connectivity index (χ0) is 12.7. The van der Waals surface area contributed by atoms with Crippen LogP contribution in [0, 0.1) is 0 Å². The summed E-state index contributed by atoms with van der Waals surface area (Å²) in [5.41, 5.74) is 0.430. The summed E-state index contributed by atoms with van der Waals surface area (Å²) in [6, 6.07) is 4.87. The number of carbonyl (C=O) groups excluding carboxylic acids is 1. The molecule has 1 amide bonds. The number of alkyl halides is 1. The van der Waals surface area contributed by atoms with Crippen molar-refractivity contribution in [3.8, 4) is 0 Å². The van der Waals surface area contributed by atoms with E-state index in [2.05, 4.69) is 21.2 Å². The highest BCUT2D eigenvalue weighted by molar-refractivity contribution is 9.09. The van der Waals surface area contributed by atoms with Crippen molar-refractivity contribution >= 4 is 45.0 Å². The zero-order valence-corrected chi connectivity index (χ0v) is 12.4. The second-order valence-corrected chi connectivity index (χ2v) is 5.27. The molecule has 0 aliphatic heterocycles. The Hall–Kier alpha value is -0.250. The van der Waals surface area contributed by atoms with E-state index >= 15 is 0 Å². The molecule has 0 fully saturated rings. The van der Waals surface area contributed by atoms with E-state index in [-0.39, 0.29) is 5.91 Å². The van der Waals surface area contributed by atoms with Gasteiger partial charge >= 0.3 is 0 Å². The van der Waals surface area contributed by atoms with Crippen LogP contribution in [0.1, 0.15) is 29.6 Å². The van der Waals surface area contributed by atoms with Crippen LogP contribution in [0.5, 0.6) is 0 Å². The van der Waals surface area contributed by atoms with Crippen LogP contribution < -0.4 is 5.32 Å². The number of benzene rings is 1. The van der Waals surface area contributed by atoms with Crippen LogP contribution in [0.15, 0.2) is 18.2 Å². The van der Waals surface area contributed by atoms with E-state index < -0.39 is 0 Å². The summed E-state index contributed by atoms with van der Waals surface area (Å²) >= 11 is 15.1. The molecule has 0 heterocycles. The van der Waals surface area contributed by atoms with Crippen molar-refractivity contribution in [2.45, 2.75) is 19.3 Å². The van der Waals surface area contributed by atoms with Crippen molar-refractivity contribution < 1.29 is 4.79 Å². The van der Waals surface area contributed by atoms with Gasteiger partial charge in [0.05, 0.1) is 10.6 Å². The minimum atomic E-state index is -0.170. The number of rotatable bonds is 6. The fourth-order valence-corrected chi connectivity index (χ4v) is 2.14. The average Bonchev–Trinajstić information content (AvgIpc) is 2.32. The third-order valence-electron chi connectivity index (χ3n) is 2.27. The fourth-order valence-electron chi connectivity index (χ4n) is 1.36. The van der Waals surface area contributed by atoms with Crippen LogP contribution in [0.3, 0.4) is 0 Å². The molecule has 17 heavy (non-hydrogen) atoms. The van der Waals surface area contributed by atoms with Gasteiger partial charge in [-0.15, -0.1) is 0 Å². The molecule has 2 nitrogen and oxygen atoms in total. The Kier molecular flexibility index (Phi) is 6.93. The molecule has 1 aromatic rings. The molecule has 0 spiro atoms. The molecule has 0 atom stereocenters. The van der Waals surface area contributed by atoms with Gasteiger partial charge in [-0.1, -0.05) is 45.6 Å². The van der Waals surface area contributed by atoms with E-state index in [1.165, 1.54) is 0 Å². The molecule has 0 radical (unpaired) electrons. The van der Waals surface area contributed by atoms with Crippen LogP contribution >= 0.6 is 39.1 Å². The van der Waals surface area contributed by atoms with E-state index in [0.717, 1.165) is 24.6 Å². The van der Waals surface area contributed by atoms with E-state index in [4.69, 9.17) is 23.2 Å². The first-order chi connectivity index (χ1) is 8.15. The van der Waals surface area contributed by atoms with E-state index in [1.807, 2.05) is 0 Å². The minimum Gasteiger partial charge on any atom is -0.352 e. The second kappa shape index (κ2) is 7.96. The van der Waals surface area contributed by atoms with Crippen LogP contribution in [0.2, 0.25) is 10.0 Å². The normalized spacial score (nSPS) is 10.3. The Morgan fingerprint density at radius 3 is 2.71 bits per heavy atom. The standard InChI is InChI=1S/C12H14BrCl2NO/c13-6-2-1-3-7-16-12(17)10-8-9(14)4-5-11(10)15/h4-5,8H,1-3,6-7H2,(H,16,17). The zero-order valence-electron chi connectivity index (χ0n) is 9.31. The number of halogens is 3. The third kappa shape index (κ3) is 5.28. The number of nitrogens with one attached hydrogen (secondary N) is 1. The molecule has 0 saturated carbocycles. The van der Waals surface area contributed by atoms with Gasteiger partial charge in [0.2, 0.25) is 0 Å². The second-order valence-electron chi connectivity index (χ2n) is 3.63. The largest absolute Gasteiger partial charge is 0.352 e. The van der Waals surface area contributed by atoms with Gasteiger partial charge < -0.3 is 5.32 Å². The predicted octanol–water partition coefficient (Wildman–Crippen LogP) is 4.29. The van der Waals surface area contributed by atoms with E-state index in [1.54, 1.807) is 18.2 Å². The summed E-state index contributed by atoms with van der Waals surface area (Å²) in [6.07, 6.45) is 3.18. The minimum absolute atomic E-state index is 0.170. The van der Waals surface area contributed by atoms with Crippen LogP contribution in [0.4, 0.5) is 0 Å². The molecule has 0 aromatic heterocycles. The molecule has 0 unspecified atom stereocenters. The predicted molar refractivity (Wildman–Crippen MR) is 76.4 cm³/mol. The maximum absolute atomic E-state index is 11.8. The Balaban J connectivity index is 2.44. The molecule has 1 aromatic carbocycles. The molecule has 0 aliphatic rings. The molecule has 0 aliphatic carbocycles. The summed E-state index contributed by atoms with van der Waals surface area (Å²) in [4.78, 5) is 11.8. The smallest absolute Gasteiger partial charge is 0.252 e. The Bertz CT molecular complexity index is 385. The highest BCUT2D eigenvalue weighted by Gasteiger charge is 2.09. The van der Waals surface area contributed by atoms with Gasteiger partial charge in [0.1, 0.15) is 0 Å². The van der Waals surface area contributed by atoms with Crippen molar-refractivity contribution in [2.75, 3.05) is 11.9 Å². The lowest BCUT2D eigenvalue weighted by molar-refractivity contribution is 0.0953. The average molecular weight is 339 g/mol. The lowest BCUT2D eigenvalue weighted by Crippen LogP contribution is -2.24. The lowest BCUT2D eigenvalue weighted by atomic mass is 10.2. The molecule has 1 rings (SSSR count). The van der Waals surface area contributed by atoms with Crippen LogP contribution in [0.25, 0.3) is 0 Å². The van der Waals surface area contributed by atoms with E-state index in [0.29, 0.717) is 22.2 Å². The molecule has 0 saturated heterocycles. The molecule has 5 heteroatoms. The van der Waals surface area contributed by atoms with Gasteiger partial charge in [-0.2, -0.15) is 0 Å². The van der Waals surface area contributed by atoms with Crippen LogP contribution in [-0.2, 0) is 0 Å². The quantitative estimate of drug-likeness (QED) is 0.608. The van der Waals surface area contributed by atoms with Crippen molar-refractivity contribution in [1.29, 1.82) is 0 Å². The first kappa shape index (κ1) is 14.8. The summed E-state index contributed by atoms with van der Waals surface area (Å²) in [5, 5.41) is 4.77. The van der Waals surface area contributed by atoms with Gasteiger partial charge in [-0.3, -0.25) is 4.79 Å². The van der Waals surface area contributed by atoms with Gasteiger partial charge in [-0.25, -0.2) is 0 Å². The molecule has 1 N–H and O–H groups in total. The van der Waals surface area contributed by atoms with Crippen molar-refractivity contribution in [3.05, 3.63) is 33.8 Å². The molecule has 0 bridgehead atoms. The van der Waals surface area contributed by atoms with E-state index in [9.17, 15) is 4.79 Å². The number of unbranched alkanes of at least 4 members (excludes halogenated alkanes) is 2. The monoisotopic (exact) mass is 337 g/mol. The topological polar surface area (TPSA) is 29.1 Å². The molecular formula is C12H14BrCl2NO. The third-order valence-corrected chi connectivity index (χ3v) is 3.39. The number of hydrogen-bond donors (Lipinski definition) is 1. The molecular weight excluding hydrogens is 325 g/mol.